The summed E-state index contributed by atoms with van der Waals surface area (Å²) in [5.74, 6) is 0. The Kier molecular flexibility index (Phi) is 3.53. The average molecular weight is 222 g/mol. The number of rotatable bonds is 4. The van der Waals surface area contributed by atoms with Crippen molar-refractivity contribution in [1.29, 1.82) is 0 Å². The lowest BCUT2D eigenvalue weighted by molar-refractivity contribution is -0.0263. The van der Waals surface area contributed by atoms with Crippen LogP contribution in [0.15, 0.2) is 24.4 Å². The second-order valence-corrected chi connectivity index (χ2v) is 4.29. The molecule has 88 valence electrons. The standard InChI is InChI=1S/C12H18N2O2/c1-10-12(15,5-7-16-10)9-13-8-11-4-2-3-6-14-11/h2-4,6,10,13,15H,5,7-9H2,1H3. The van der Waals surface area contributed by atoms with Crippen molar-refractivity contribution in [2.75, 3.05) is 13.2 Å². The third-order valence-electron chi connectivity index (χ3n) is 3.12. The van der Waals surface area contributed by atoms with Crippen LogP contribution in [-0.2, 0) is 11.3 Å². The van der Waals surface area contributed by atoms with E-state index in [-0.39, 0.29) is 6.10 Å². The summed E-state index contributed by atoms with van der Waals surface area (Å²) in [6.07, 6.45) is 2.37. The topological polar surface area (TPSA) is 54.4 Å². The number of hydrogen-bond acceptors (Lipinski definition) is 4. The Balaban J connectivity index is 1.80. The molecule has 16 heavy (non-hydrogen) atoms. The summed E-state index contributed by atoms with van der Waals surface area (Å²) in [5, 5.41) is 13.5. The molecule has 0 saturated carbocycles. The highest BCUT2D eigenvalue weighted by Crippen LogP contribution is 2.24. The van der Waals surface area contributed by atoms with Gasteiger partial charge >= 0.3 is 0 Å². The molecule has 2 atom stereocenters. The first-order valence-electron chi connectivity index (χ1n) is 5.65. The van der Waals surface area contributed by atoms with Gasteiger partial charge in [0.25, 0.3) is 0 Å². The van der Waals surface area contributed by atoms with Gasteiger partial charge in [-0.15, -0.1) is 0 Å². The molecular weight excluding hydrogens is 204 g/mol. The summed E-state index contributed by atoms with van der Waals surface area (Å²) in [5.41, 5.74) is 0.257. The van der Waals surface area contributed by atoms with Crippen molar-refractivity contribution in [3.8, 4) is 0 Å². The van der Waals surface area contributed by atoms with Gasteiger partial charge in [-0.2, -0.15) is 0 Å². The van der Waals surface area contributed by atoms with Gasteiger partial charge in [-0.1, -0.05) is 6.07 Å². The maximum absolute atomic E-state index is 10.2. The molecule has 0 amide bonds. The molecule has 0 aromatic carbocycles. The Morgan fingerprint density at radius 3 is 3.12 bits per heavy atom. The van der Waals surface area contributed by atoms with Crippen molar-refractivity contribution in [3.63, 3.8) is 0 Å². The van der Waals surface area contributed by atoms with E-state index in [4.69, 9.17) is 4.74 Å². The molecule has 1 saturated heterocycles. The highest BCUT2D eigenvalue weighted by molar-refractivity contribution is 5.03. The van der Waals surface area contributed by atoms with E-state index in [0.29, 0.717) is 26.1 Å². The quantitative estimate of drug-likeness (QED) is 0.788. The number of hydrogen-bond donors (Lipinski definition) is 2. The lowest BCUT2D eigenvalue weighted by Crippen LogP contribution is -2.45. The first kappa shape index (κ1) is 11.5. The van der Waals surface area contributed by atoms with E-state index in [0.717, 1.165) is 5.69 Å². The Morgan fingerprint density at radius 1 is 1.62 bits per heavy atom. The maximum atomic E-state index is 10.2. The minimum Gasteiger partial charge on any atom is -0.386 e. The van der Waals surface area contributed by atoms with Crippen LogP contribution in [0.3, 0.4) is 0 Å². The van der Waals surface area contributed by atoms with E-state index in [9.17, 15) is 5.11 Å². The van der Waals surface area contributed by atoms with Gasteiger partial charge in [0.2, 0.25) is 0 Å². The number of ether oxygens (including phenoxy) is 1. The van der Waals surface area contributed by atoms with Crippen molar-refractivity contribution < 1.29 is 9.84 Å². The number of aromatic nitrogens is 1. The zero-order chi connectivity index (χ0) is 11.4. The van der Waals surface area contributed by atoms with Crippen molar-refractivity contribution in [2.24, 2.45) is 0 Å². The molecular formula is C12H18N2O2. The molecule has 1 aliphatic heterocycles. The van der Waals surface area contributed by atoms with Gasteiger partial charge in [0.15, 0.2) is 0 Å². The second-order valence-electron chi connectivity index (χ2n) is 4.29. The number of nitrogens with one attached hydrogen (secondary N) is 1. The maximum Gasteiger partial charge on any atom is 0.105 e. The van der Waals surface area contributed by atoms with Gasteiger partial charge in [0.1, 0.15) is 5.60 Å². The molecule has 1 fully saturated rings. The molecule has 4 heteroatoms. The molecule has 2 unspecified atom stereocenters. The van der Waals surface area contributed by atoms with Crippen LogP contribution in [0.4, 0.5) is 0 Å². The molecule has 0 radical (unpaired) electrons. The van der Waals surface area contributed by atoms with Gasteiger partial charge in [0, 0.05) is 32.3 Å². The lowest BCUT2D eigenvalue weighted by Gasteiger charge is -2.26. The summed E-state index contributed by atoms with van der Waals surface area (Å²) < 4.78 is 5.37. The Hall–Kier alpha value is -0.970. The van der Waals surface area contributed by atoms with Crippen LogP contribution < -0.4 is 5.32 Å². The monoisotopic (exact) mass is 222 g/mol. The van der Waals surface area contributed by atoms with Gasteiger partial charge in [-0.3, -0.25) is 4.98 Å². The van der Waals surface area contributed by atoms with Crippen LogP contribution in [0.2, 0.25) is 0 Å². The zero-order valence-electron chi connectivity index (χ0n) is 9.52. The van der Waals surface area contributed by atoms with Gasteiger partial charge in [-0.25, -0.2) is 0 Å². The molecule has 0 spiro atoms. The second kappa shape index (κ2) is 4.91. The molecule has 1 aromatic rings. The summed E-state index contributed by atoms with van der Waals surface area (Å²) >= 11 is 0. The fraction of sp³-hybridized carbons (Fsp3) is 0.583. The van der Waals surface area contributed by atoms with Crippen molar-refractivity contribution in [1.82, 2.24) is 10.3 Å². The van der Waals surface area contributed by atoms with Crippen LogP contribution in [0.5, 0.6) is 0 Å². The van der Waals surface area contributed by atoms with Crippen LogP contribution in [0, 0.1) is 0 Å². The minimum atomic E-state index is -0.727. The molecule has 0 aliphatic carbocycles. The number of pyridine rings is 1. The zero-order valence-corrected chi connectivity index (χ0v) is 9.52. The third-order valence-corrected chi connectivity index (χ3v) is 3.12. The van der Waals surface area contributed by atoms with Crippen molar-refractivity contribution >= 4 is 0 Å². The minimum absolute atomic E-state index is 0.0938. The lowest BCUT2D eigenvalue weighted by atomic mass is 9.97. The van der Waals surface area contributed by atoms with E-state index < -0.39 is 5.60 Å². The number of nitrogens with zero attached hydrogens (tertiary/aromatic N) is 1. The first-order valence-corrected chi connectivity index (χ1v) is 5.65. The van der Waals surface area contributed by atoms with E-state index in [1.165, 1.54) is 0 Å². The van der Waals surface area contributed by atoms with Crippen LogP contribution in [0.1, 0.15) is 19.0 Å². The van der Waals surface area contributed by atoms with Crippen molar-refractivity contribution in [3.05, 3.63) is 30.1 Å². The molecule has 2 heterocycles. The van der Waals surface area contributed by atoms with Crippen LogP contribution in [-0.4, -0.2) is 34.9 Å². The third kappa shape index (κ3) is 2.58. The fourth-order valence-electron chi connectivity index (χ4n) is 1.91. The largest absolute Gasteiger partial charge is 0.386 e. The van der Waals surface area contributed by atoms with Gasteiger partial charge < -0.3 is 15.2 Å². The molecule has 1 aliphatic rings. The van der Waals surface area contributed by atoms with E-state index in [1.54, 1.807) is 6.20 Å². The average Bonchev–Trinajstić information content (AvgIpc) is 2.61. The molecule has 0 bridgehead atoms. The normalized spacial score (nSPS) is 29.5. The molecule has 4 nitrogen and oxygen atoms in total. The fourth-order valence-corrected chi connectivity index (χ4v) is 1.91. The van der Waals surface area contributed by atoms with Crippen molar-refractivity contribution in [2.45, 2.75) is 31.6 Å². The van der Waals surface area contributed by atoms with Gasteiger partial charge in [-0.05, 0) is 19.1 Å². The molecule has 1 aromatic heterocycles. The predicted molar refractivity (Wildman–Crippen MR) is 60.9 cm³/mol. The summed E-state index contributed by atoms with van der Waals surface area (Å²) in [6, 6.07) is 5.82. The van der Waals surface area contributed by atoms with Crippen LogP contribution >= 0.6 is 0 Å². The van der Waals surface area contributed by atoms with E-state index in [2.05, 4.69) is 10.3 Å². The highest BCUT2D eigenvalue weighted by Gasteiger charge is 2.38. The van der Waals surface area contributed by atoms with Gasteiger partial charge in [0.05, 0.1) is 11.8 Å². The summed E-state index contributed by atoms with van der Waals surface area (Å²) in [6.45, 7) is 3.78. The SMILES string of the molecule is CC1OCCC1(O)CNCc1ccccn1. The van der Waals surface area contributed by atoms with E-state index >= 15 is 0 Å². The molecule has 2 rings (SSSR count). The number of aliphatic hydroxyl groups is 1. The first-order chi connectivity index (χ1) is 7.71. The van der Waals surface area contributed by atoms with Crippen LogP contribution in [0.25, 0.3) is 0 Å². The summed E-state index contributed by atoms with van der Waals surface area (Å²) in [4.78, 5) is 4.21. The van der Waals surface area contributed by atoms with E-state index in [1.807, 2.05) is 25.1 Å². The Bertz CT molecular complexity index is 331. The highest BCUT2D eigenvalue weighted by atomic mass is 16.5. The smallest absolute Gasteiger partial charge is 0.105 e. The molecule has 2 N–H and O–H groups in total. The predicted octanol–water partition coefficient (Wildman–Crippen LogP) is 0.711. The summed E-state index contributed by atoms with van der Waals surface area (Å²) in [7, 11) is 0. The Labute approximate surface area is 95.7 Å². The Morgan fingerprint density at radius 2 is 2.50 bits per heavy atom.